The van der Waals surface area contributed by atoms with Crippen molar-refractivity contribution in [2.75, 3.05) is 0 Å². The average Bonchev–Trinajstić information content (AvgIpc) is 3.20. The molecular weight excluding hydrogens is 456 g/mol. The zero-order chi connectivity index (χ0) is 24.8. The number of para-hydroxylation sites is 1. The third-order valence-corrected chi connectivity index (χ3v) is 6.29. The van der Waals surface area contributed by atoms with Crippen molar-refractivity contribution in [1.29, 1.82) is 0 Å². The van der Waals surface area contributed by atoms with Gasteiger partial charge in [0.05, 0.1) is 17.6 Å². The molecule has 7 nitrogen and oxygen atoms in total. The van der Waals surface area contributed by atoms with Crippen LogP contribution in [-0.2, 0) is 0 Å². The number of aryl methyl sites for hydroxylation is 3. The number of nitrogens with zero attached hydrogens (tertiary/aromatic N) is 5. The van der Waals surface area contributed by atoms with E-state index in [1.807, 2.05) is 24.3 Å². The fraction of sp³-hybridized carbons (Fsp3) is 0.111. The zero-order valence-corrected chi connectivity index (χ0v) is 20.6. The van der Waals surface area contributed by atoms with E-state index in [0.29, 0.717) is 11.5 Å². The van der Waals surface area contributed by atoms with Gasteiger partial charge in [-0.15, -0.1) is 16.4 Å². The molecule has 0 unspecified atom stereocenters. The normalized spacial score (nSPS) is 12.8. The van der Waals surface area contributed by atoms with Crippen LogP contribution in [0.15, 0.2) is 92.3 Å². The first-order valence-electron chi connectivity index (χ1n) is 11.0. The van der Waals surface area contributed by atoms with Crippen LogP contribution in [0.25, 0.3) is 5.69 Å². The Hall–Kier alpha value is -4.30. The van der Waals surface area contributed by atoms with E-state index in [2.05, 4.69) is 69.1 Å². The second kappa shape index (κ2) is 10.8. The monoisotopic (exact) mass is 482 g/mol. The van der Waals surface area contributed by atoms with Crippen molar-refractivity contribution >= 4 is 35.4 Å². The minimum Gasteiger partial charge on any atom is -0.508 e. The fourth-order valence-electron chi connectivity index (χ4n) is 3.55. The highest BCUT2D eigenvalue weighted by molar-refractivity contribution is 7.07. The minimum absolute atomic E-state index is 0.189. The first-order valence-corrected chi connectivity index (χ1v) is 11.9. The third-order valence-electron chi connectivity index (χ3n) is 5.35. The molecule has 0 spiro atoms. The molecule has 3 aromatic carbocycles. The number of hydrogen-bond acceptors (Lipinski definition) is 5. The molecule has 1 aromatic heterocycles. The summed E-state index contributed by atoms with van der Waals surface area (Å²) in [7, 11) is 0. The van der Waals surface area contributed by atoms with Crippen LogP contribution in [0.2, 0.25) is 0 Å². The topological polar surface area (TPSA) is 101 Å². The number of hydrogen-bond donors (Lipinski definition) is 2. The van der Waals surface area contributed by atoms with Gasteiger partial charge >= 0.3 is 0 Å². The number of phenolic OH excluding ortho intramolecular Hbond substituents is 1. The Morgan fingerprint density at radius 3 is 2.31 bits per heavy atom. The maximum Gasteiger partial charge on any atom is 0.215 e. The van der Waals surface area contributed by atoms with Gasteiger partial charge in [0, 0.05) is 16.6 Å². The van der Waals surface area contributed by atoms with E-state index in [-0.39, 0.29) is 5.75 Å². The molecule has 3 N–H and O–H groups in total. The quantitative estimate of drug-likeness (QED) is 0.225. The van der Waals surface area contributed by atoms with Crippen LogP contribution in [0.5, 0.6) is 5.75 Å². The van der Waals surface area contributed by atoms with E-state index in [9.17, 15) is 5.11 Å². The maximum absolute atomic E-state index is 9.32. The van der Waals surface area contributed by atoms with Crippen LogP contribution in [0.1, 0.15) is 27.9 Å². The summed E-state index contributed by atoms with van der Waals surface area (Å²) in [6.07, 6.45) is 3.11. The van der Waals surface area contributed by atoms with Crippen LogP contribution in [0, 0.1) is 20.8 Å². The zero-order valence-electron chi connectivity index (χ0n) is 19.8. The molecule has 176 valence electrons. The van der Waals surface area contributed by atoms with Crippen molar-refractivity contribution in [1.82, 2.24) is 4.57 Å². The van der Waals surface area contributed by atoms with Gasteiger partial charge in [0.15, 0.2) is 0 Å². The largest absolute Gasteiger partial charge is 0.508 e. The summed E-state index contributed by atoms with van der Waals surface area (Å²) >= 11 is 1.56. The fourth-order valence-corrected chi connectivity index (χ4v) is 4.37. The van der Waals surface area contributed by atoms with E-state index < -0.39 is 0 Å². The Labute approximate surface area is 208 Å². The molecule has 4 rings (SSSR count). The standard InChI is InChI=1S/C27H26N6OS/c1-18-5-4-6-19(2)25(18)33-20(3)16-35-27(33)32-31-15-21-7-9-22(10-8-21)26(28)30-17-29-23-11-13-24(34)14-12-23/h4-17,34H,1-3H3,(H2,28,29,30)/b31-15-,32-27+. The summed E-state index contributed by atoms with van der Waals surface area (Å²) in [5.74, 6) is 0.541. The van der Waals surface area contributed by atoms with Crippen LogP contribution in [-0.4, -0.2) is 28.1 Å². The van der Waals surface area contributed by atoms with Gasteiger partial charge < -0.3 is 10.8 Å². The minimum atomic E-state index is 0.189. The van der Waals surface area contributed by atoms with Gasteiger partial charge in [-0.1, -0.05) is 42.5 Å². The second-order valence-corrected chi connectivity index (χ2v) is 8.81. The van der Waals surface area contributed by atoms with Crippen LogP contribution >= 0.6 is 11.3 Å². The summed E-state index contributed by atoms with van der Waals surface area (Å²) in [6, 6.07) is 20.4. The Morgan fingerprint density at radius 2 is 1.63 bits per heavy atom. The number of amidine groups is 1. The molecular formula is C27H26N6OS. The number of aromatic nitrogens is 1. The third kappa shape index (κ3) is 5.80. The van der Waals surface area contributed by atoms with Crippen LogP contribution in [0.3, 0.4) is 0 Å². The molecule has 4 aromatic rings. The van der Waals surface area contributed by atoms with Crippen molar-refractivity contribution < 1.29 is 5.11 Å². The molecule has 0 saturated carbocycles. The Balaban J connectivity index is 1.49. The Bertz CT molecular complexity index is 1460. The van der Waals surface area contributed by atoms with Crippen molar-refractivity contribution in [3.8, 4) is 11.4 Å². The predicted molar refractivity (Wildman–Crippen MR) is 144 cm³/mol. The Morgan fingerprint density at radius 1 is 0.943 bits per heavy atom. The first-order chi connectivity index (χ1) is 16.9. The highest BCUT2D eigenvalue weighted by atomic mass is 32.1. The van der Waals surface area contributed by atoms with Crippen molar-refractivity contribution in [2.45, 2.75) is 20.8 Å². The highest BCUT2D eigenvalue weighted by Crippen LogP contribution is 2.20. The molecule has 0 aliphatic carbocycles. The highest BCUT2D eigenvalue weighted by Gasteiger charge is 2.09. The molecule has 0 amide bonds. The van der Waals surface area contributed by atoms with E-state index in [4.69, 9.17) is 5.73 Å². The van der Waals surface area contributed by atoms with Gasteiger partial charge in [-0.25, -0.2) is 9.98 Å². The summed E-state index contributed by atoms with van der Waals surface area (Å²) in [6.45, 7) is 6.29. The molecule has 0 fully saturated rings. The molecule has 8 heteroatoms. The summed E-state index contributed by atoms with van der Waals surface area (Å²) < 4.78 is 2.15. The average molecular weight is 483 g/mol. The molecule has 0 bridgehead atoms. The summed E-state index contributed by atoms with van der Waals surface area (Å²) in [5, 5.41) is 20.2. The van der Waals surface area contributed by atoms with E-state index >= 15 is 0 Å². The van der Waals surface area contributed by atoms with Gasteiger partial charge in [0.25, 0.3) is 0 Å². The summed E-state index contributed by atoms with van der Waals surface area (Å²) in [4.78, 5) is 9.20. The number of thiazole rings is 1. The van der Waals surface area contributed by atoms with Gasteiger partial charge in [0.2, 0.25) is 4.80 Å². The van der Waals surface area contributed by atoms with Crippen molar-refractivity contribution in [3.63, 3.8) is 0 Å². The van der Waals surface area contributed by atoms with E-state index in [0.717, 1.165) is 27.3 Å². The Kier molecular flexibility index (Phi) is 7.32. The second-order valence-electron chi connectivity index (χ2n) is 7.98. The molecule has 0 saturated heterocycles. The number of benzene rings is 3. The lowest BCUT2D eigenvalue weighted by atomic mass is 10.1. The summed E-state index contributed by atoms with van der Waals surface area (Å²) in [5.41, 5.74) is 13.1. The van der Waals surface area contributed by atoms with E-state index in [1.165, 1.54) is 17.5 Å². The maximum atomic E-state index is 9.32. The van der Waals surface area contributed by atoms with Crippen molar-refractivity contribution in [2.24, 2.45) is 25.9 Å². The van der Waals surface area contributed by atoms with Gasteiger partial charge in [-0.3, -0.25) is 4.57 Å². The molecule has 35 heavy (non-hydrogen) atoms. The molecule has 1 heterocycles. The molecule has 0 atom stereocenters. The van der Waals surface area contributed by atoms with Gasteiger partial charge in [0.1, 0.15) is 17.9 Å². The lowest BCUT2D eigenvalue weighted by Crippen LogP contribution is -2.16. The number of aromatic hydroxyl groups is 1. The number of nitrogens with two attached hydrogens (primary N) is 1. The number of phenols is 1. The number of rotatable bonds is 6. The lowest BCUT2D eigenvalue weighted by Gasteiger charge is -2.12. The van der Waals surface area contributed by atoms with Crippen molar-refractivity contribution in [3.05, 3.63) is 105 Å². The molecule has 0 radical (unpaired) electrons. The van der Waals surface area contributed by atoms with E-state index in [1.54, 1.807) is 41.8 Å². The number of aliphatic imine (C=N–C) groups is 2. The molecule has 0 aliphatic rings. The molecule has 0 aliphatic heterocycles. The first kappa shape index (κ1) is 23.8. The lowest BCUT2D eigenvalue weighted by molar-refractivity contribution is 0.475. The van der Waals surface area contributed by atoms with Crippen LogP contribution < -0.4 is 10.5 Å². The predicted octanol–water partition coefficient (Wildman–Crippen LogP) is 5.17. The van der Waals surface area contributed by atoms with Gasteiger partial charge in [-0.05, 0) is 61.7 Å². The SMILES string of the molecule is Cc1cccc(C)c1-n1c(C)cs/c1=N/N=C\c1ccc(C(N)=NC=Nc2ccc(O)cc2)cc1. The van der Waals surface area contributed by atoms with Crippen LogP contribution in [0.4, 0.5) is 5.69 Å². The smallest absolute Gasteiger partial charge is 0.215 e. The van der Waals surface area contributed by atoms with Gasteiger partial charge in [-0.2, -0.15) is 5.10 Å².